The van der Waals surface area contributed by atoms with Crippen molar-refractivity contribution in [2.75, 3.05) is 39.3 Å². The molecule has 30 heavy (non-hydrogen) atoms. The maximum Gasteiger partial charge on any atom is 0.309 e. The van der Waals surface area contributed by atoms with E-state index in [0.29, 0.717) is 6.61 Å². The quantitative estimate of drug-likeness (QED) is 0.369. The Morgan fingerprint density at radius 2 is 1.27 bits per heavy atom. The zero-order valence-corrected chi connectivity index (χ0v) is 20.7. The highest BCUT2D eigenvalue weighted by Crippen LogP contribution is 2.59. The Bertz CT molecular complexity index is 505. The van der Waals surface area contributed by atoms with Gasteiger partial charge in [0.15, 0.2) is 0 Å². The summed E-state index contributed by atoms with van der Waals surface area (Å²) in [6, 6.07) is 0. The summed E-state index contributed by atoms with van der Waals surface area (Å²) in [7, 11) is -1.48. The van der Waals surface area contributed by atoms with Crippen molar-refractivity contribution in [1.29, 1.82) is 0 Å². The summed E-state index contributed by atoms with van der Waals surface area (Å²) in [5.41, 5.74) is 3.23. The number of esters is 1. The van der Waals surface area contributed by atoms with E-state index >= 15 is 0 Å². The monoisotopic (exact) mass is 434 g/mol. The molecule has 0 N–H and O–H groups in total. The molecule has 0 aromatic carbocycles. The van der Waals surface area contributed by atoms with Gasteiger partial charge < -0.3 is 14.2 Å². The van der Waals surface area contributed by atoms with Crippen LogP contribution in [0.25, 0.3) is 0 Å². The molecule has 0 aromatic heterocycles. The topological polar surface area (TPSA) is 32.8 Å². The van der Waals surface area contributed by atoms with Crippen LogP contribution in [0.15, 0.2) is 0 Å². The third-order valence-electron chi connectivity index (χ3n) is 9.17. The van der Waals surface area contributed by atoms with Crippen molar-refractivity contribution in [3.05, 3.63) is 0 Å². The van der Waals surface area contributed by atoms with Gasteiger partial charge in [0.05, 0.1) is 12.5 Å². The van der Waals surface area contributed by atoms with Crippen LogP contribution in [0.2, 0.25) is 16.6 Å². The zero-order chi connectivity index (χ0) is 21.0. The average molecular weight is 435 g/mol. The number of nitrogens with zero attached hydrogens (tertiary/aromatic N) is 2. The predicted molar refractivity (Wildman–Crippen MR) is 126 cm³/mol. The lowest BCUT2D eigenvalue weighted by molar-refractivity contribution is -0.148. The second-order valence-electron chi connectivity index (χ2n) is 10.8. The SMILES string of the molecule is CCOC(=O)C(C)CN1CCN([Si](C2CCCC2)(C2CCCC2)C2CCCC2)CC1. The standard InChI is InChI=1S/C25H46N2O2Si/c1-3-29-25(28)21(2)20-26-16-18-27(19-17-26)30(22-10-4-5-11-22,23-12-6-7-13-23)24-14-8-9-15-24/h21-24H,3-20H2,1-2H3. The Hall–Kier alpha value is -0.393. The normalized spacial score (nSPS) is 27.1. The molecule has 1 saturated heterocycles. The molecule has 0 radical (unpaired) electrons. The Morgan fingerprint density at radius 1 is 0.833 bits per heavy atom. The number of carbonyl (C=O) groups excluding carboxylic acids is 1. The first-order valence-corrected chi connectivity index (χ1v) is 15.5. The molecule has 5 heteroatoms. The Balaban J connectivity index is 1.48. The molecule has 3 saturated carbocycles. The smallest absolute Gasteiger partial charge is 0.309 e. The van der Waals surface area contributed by atoms with E-state index in [9.17, 15) is 4.79 Å². The van der Waals surface area contributed by atoms with Crippen molar-refractivity contribution in [2.24, 2.45) is 5.92 Å². The lowest BCUT2D eigenvalue weighted by Crippen LogP contribution is -2.66. The molecule has 3 aliphatic carbocycles. The Kier molecular flexibility index (Phi) is 7.96. The van der Waals surface area contributed by atoms with E-state index in [2.05, 4.69) is 9.47 Å². The molecule has 4 nitrogen and oxygen atoms in total. The lowest BCUT2D eigenvalue weighted by atomic mass is 10.1. The molecule has 4 aliphatic rings. The average Bonchev–Trinajstić information content (AvgIpc) is 3.54. The van der Waals surface area contributed by atoms with Gasteiger partial charge in [-0.2, -0.15) is 0 Å². The number of hydrogen-bond donors (Lipinski definition) is 0. The van der Waals surface area contributed by atoms with Crippen molar-refractivity contribution >= 4 is 14.2 Å². The minimum absolute atomic E-state index is 0.00185. The fourth-order valence-corrected chi connectivity index (χ4v) is 16.5. The lowest BCUT2D eigenvalue weighted by Gasteiger charge is -2.56. The third-order valence-corrected chi connectivity index (χ3v) is 16.4. The van der Waals surface area contributed by atoms with Crippen molar-refractivity contribution in [2.45, 2.75) is 108 Å². The summed E-state index contributed by atoms with van der Waals surface area (Å²) in [6.45, 7) is 10.2. The number of carbonyl (C=O) groups is 1. The largest absolute Gasteiger partial charge is 0.466 e. The number of ether oxygens (including phenoxy) is 1. The third kappa shape index (κ3) is 4.54. The van der Waals surface area contributed by atoms with E-state index in [-0.39, 0.29) is 11.9 Å². The molecule has 4 rings (SSSR count). The molecule has 1 aliphatic heterocycles. The predicted octanol–water partition coefficient (Wildman–Crippen LogP) is 5.58. The van der Waals surface area contributed by atoms with E-state index in [4.69, 9.17) is 4.74 Å². The van der Waals surface area contributed by atoms with Gasteiger partial charge in [0, 0.05) is 32.7 Å². The molecule has 0 bridgehead atoms. The van der Waals surface area contributed by atoms with Crippen LogP contribution >= 0.6 is 0 Å². The van der Waals surface area contributed by atoms with Crippen molar-refractivity contribution < 1.29 is 9.53 Å². The van der Waals surface area contributed by atoms with Crippen LogP contribution in [0, 0.1) is 5.92 Å². The second kappa shape index (κ2) is 10.5. The van der Waals surface area contributed by atoms with E-state index < -0.39 is 8.24 Å². The minimum Gasteiger partial charge on any atom is -0.466 e. The van der Waals surface area contributed by atoms with Crippen LogP contribution in [-0.4, -0.2) is 63.0 Å². The van der Waals surface area contributed by atoms with Gasteiger partial charge in [0.2, 0.25) is 0 Å². The molecular weight excluding hydrogens is 388 g/mol. The molecule has 4 fully saturated rings. The fourth-order valence-electron chi connectivity index (χ4n) is 8.00. The summed E-state index contributed by atoms with van der Waals surface area (Å²) in [4.78, 5) is 14.7. The molecule has 0 aromatic rings. The number of hydrogen-bond acceptors (Lipinski definition) is 4. The molecule has 1 unspecified atom stereocenters. The van der Waals surface area contributed by atoms with Gasteiger partial charge in [-0.3, -0.25) is 4.79 Å². The van der Waals surface area contributed by atoms with Gasteiger partial charge >= 0.3 is 5.97 Å². The fraction of sp³-hybridized carbons (Fsp3) is 0.960. The summed E-state index contributed by atoms with van der Waals surface area (Å²) in [5, 5.41) is 0. The van der Waals surface area contributed by atoms with Gasteiger partial charge in [0.25, 0.3) is 0 Å². The van der Waals surface area contributed by atoms with Gasteiger partial charge in [-0.25, -0.2) is 0 Å². The Morgan fingerprint density at radius 3 is 1.67 bits per heavy atom. The molecule has 1 heterocycles. The summed E-state index contributed by atoms with van der Waals surface area (Å²) in [6.07, 6.45) is 18.2. The van der Waals surface area contributed by atoms with Crippen LogP contribution in [-0.2, 0) is 9.53 Å². The first kappa shape index (κ1) is 22.8. The van der Waals surface area contributed by atoms with Crippen LogP contribution in [0.3, 0.4) is 0 Å². The van der Waals surface area contributed by atoms with Crippen molar-refractivity contribution in [3.8, 4) is 0 Å². The van der Waals surface area contributed by atoms with Crippen molar-refractivity contribution in [1.82, 2.24) is 9.47 Å². The number of rotatable bonds is 8. The highest BCUT2D eigenvalue weighted by atomic mass is 28.3. The van der Waals surface area contributed by atoms with Crippen LogP contribution in [0.1, 0.15) is 90.9 Å². The van der Waals surface area contributed by atoms with Gasteiger partial charge in [-0.15, -0.1) is 0 Å². The van der Waals surface area contributed by atoms with E-state index in [1.54, 1.807) is 38.5 Å². The molecular formula is C25H46N2O2Si. The summed E-state index contributed by atoms with van der Waals surface area (Å²) in [5.74, 6) is -0.0236. The molecule has 172 valence electrons. The Labute approximate surface area is 186 Å². The maximum atomic E-state index is 12.1. The molecule has 0 amide bonds. The first-order valence-electron chi connectivity index (χ1n) is 13.3. The van der Waals surface area contributed by atoms with Gasteiger partial charge in [0.1, 0.15) is 8.24 Å². The van der Waals surface area contributed by atoms with Crippen LogP contribution < -0.4 is 0 Å². The molecule has 0 spiro atoms. The number of piperazine rings is 1. The molecule has 1 atom stereocenters. The highest BCUT2D eigenvalue weighted by molar-refractivity contribution is 6.81. The minimum atomic E-state index is -1.48. The zero-order valence-electron chi connectivity index (χ0n) is 19.7. The van der Waals surface area contributed by atoms with E-state index in [1.165, 1.54) is 51.6 Å². The summed E-state index contributed by atoms with van der Waals surface area (Å²) >= 11 is 0. The van der Waals surface area contributed by atoms with Crippen LogP contribution in [0.4, 0.5) is 0 Å². The summed E-state index contributed by atoms with van der Waals surface area (Å²) < 4.78 is 8.42. The van der Waals surface area contributed by atoms with E-state index in [1.807, 2.05) is 13.8 Å². The van der Waals surface area contributed by atoms with Crippen LogP contribution in [0.5, 0.6) is 0 Å². The van der Waals surface area contributed by atoms with Gasteiger partial charge in [-0.05, 0) is 23.5 Å². The maximum absolute atomic E-state index is 12.1. The van der Waals surface area contributed by atoms with E-state index in [0.717, 1.165) is 36.3 Å². The van der Waals surface area contributed by atoms with Gasteiger partial charge in [-0.1, -0.05) is 84.0 Å². The van der Waals surface area contributed by atoms with Crippen molar-refractivity contribution in [3.63, 3.8) is 0 Å². The second-order valence-corrected chi connectivity index (χ2v) is 15.6. The highest BCUT2D eigenvalue weighted by Gasteiger charge is 2.57. The first-order chi connectivity index (χ1) is 14.7.